The lowest BCUT2D eigenvalue weighted by Gasteiger charge is -2.22. The minimum atomic E-state index is -2.72. The summed E-state index contributed by atoms with van der Waals surface area (Å²) < 4.78 is 4.81. The molecular weight excluding hydrogens is 332 g/mol. The van der Waals surface area contributed by atoms with Crippen LogP contribution in [-0.2, 0) is 19.1 Å². The number of carboxylic acid groups (broad SMARTS) is 2. The van der Waals surface area contributed by atoms with Gasteiger partial charge in [0.1, 0.15) is 6.61 Å². The lowest BCUT2D eigenvalue weighted by Crippen LogP contribution is -2.43. The molecular formula is C17H30O8. The minimum absolute atomic E-state index is 0.312. The van der Waals surface area contributed by atoms with Gasteiger partial charge in [-0.2, -0.15) is 0 Å². The lowest BCUT2D eigenvalue weighted by atomic mass is 9.91. The second-order valence-electron chi connectivity index (χ2n) is 6.45. The Morgan fingerprint density at radius 3 is 2.16 bits per heavy atom. The molecule has 3 unspecified atom stereocenters. The lowest BCUT2D eigenvalue weighted by molar-refractivity contribution is -0.172. The summed E-state index contributed by atoms with van der Waals surface area (Å²) in [5.41, 5.74) is -2.72. The molecule has 0 fully saturated rings. The first-order valence-corrected chi connectivity index (χ1v) is 8.65. The van der Waals surface area contributed by atoms with Crippen LogP contribution in [0.1, 0.15) is 65.2 Å². The molecule has 0 radical (unpaired) electrons. The number of unbranched alkanes of at least 4 members (excludes halogenated alkanes) is 1. The van der Waals surface area contributed by atoms with Gasteiger partial charge in [0, 0.05) is 0 Å². The molecule has 0 aromatic rings. The maximum absolute atomic E-state index is 11.7. The standard InChI is InChI=1S/C17H30O8/c1-3-5-7-12(6-4-2)8-13(18)11-25-15(21)10-17(24,16(22)23)9-14(19)20/h12-13,18,24H,3-11H2,1-2H3,(H,19,20)(H,22,23). The van der Waals surface area contributed by atoms with Crippen LogP contribution in [0.15, 0.2) is 0 Å². The third-order valence-corrected chi connectivity index (χ3v) is 3.98. The summed E-state index contributed by atoms with van der Waals surface area (Å²) in [5, 5.41) is 37.3. The average Bonchev–Trinajstić information content (AvgIpc) is 2.49. The quantitative estimate of drug-likeness (QED) is 0.341. The highest BCUT2D eigenvalue weighted by Crippen LogP contribution is 2.21. The molecule has 0 aromatic heterocycles. The van der Waals surface area contributed by atoms with Crippen LogP contribution in [0.25, 0.3) is 0 Å². The van der Waals surface area contributed by atoms with Crippen LogP contribution in [0.4, 0.5) is 0 Å². The third-order valence-electron chi connectivity index (χ3n) is 3.98. The topological polar surface area (TPSA) is 141 Å². The van der Waals surface area contributed by atoms with Gasteiger partial charge in [-0.05, 0) is 12.3 Å². The number of esters is 1. The highest BCUT2D eigenvalue weighted by atomic mass is 16.5. The largest absolute Gasteiger partial charge is 0.481 e. The Morgan fingerprint density at radius 1 is 1.04 bits per heavy atom. The van der Waals surface area contributed by atoms with Gasteiger partial charge in [-0.3, -0.25) is 9.59 Å². The molecule has 0 aromatic carbocycles. The predicted octanol–water partition coefficient (Wildman–Crippen LogP) is 1.57. The van der Waals surface area contributed by atoms with Crippen LogP contribution in [0.5, 0.6) is 0 Å². The van der Waals surface area contributed by atoms with Crippen LogP contribution in [0.2, 0.25) is 0 Å². The molecule has 0 rings (SSSR count). The minimum Gasteiger partial charge on any atom is -0.481 e. The molecule has 3 atom stereocenters. The van der Waals surface area contributed by atoms with Crippen molar-refractivity contribution in [3.05, 3.63) is 0 Å². The van der Waals surface area contributed by atoms with Crippen molar-refractivity contribution in [2.24, 2.45) is 5.92 Å². The maximum atomic E-state index is 11.7. The summed E-state index contributed by atoms with van der Waals surface area (Å²) in [6, 6.07) is 0. The number of hydrogen-bond acceptors (Lipinski definition) is 6. The van der Waals surface area contributed by atoms with Crippen LogP contribution < -0.4 is 0 Å². The first kappa shape index (κ1) is 23.3. The summed E-state index contributed by atoms with van der Waals surface area (Å²) in [7, 11) is 0. The van der Waals surface area contributed by atoms with Gasteiger partial charge < -0.3 is 25.2 Å². The van der Waals surface area contributed by atoms with E-state index in [2.05, 4.69) is 13.8 Å². The zero-order chi connectivity index (χ0) is 19.5. The second kappa shape index (κ2) is 11.8. The van der Waals surface area contributed by atoms with Gasteiger partial charge in [-0.25, -0.2) is 4.79 Å². The molecule has 0 aliphatic heterocycles. The number of aliphatic hydroxyl groups is 2. The number of hydrogen-bond donors (Lipinski definition) is 4. The van der Waals surface area contributed by atoms with Gasteiger partial charge in [-0.1, -0.05) is 46.0 Å². The van der Waals surface area contributed by atoms with E-state index in [1.54, 1.807) is 0 Å². The van der Waals surface area contributed by atoms with E-state index in [-0.39, 0.29) is 6.61 Å². The molecule has 0 spiro atoms. The molecule has 8 nitrogen and oxygen atoms in total. The number of carbonyl (C=O) groups is 3. The van der Waals surface area contributed by atoms with Gasteiger partial charge >= 0.3 is 17.9 Å². The second-order valence-corrected chi connectivity index (χ2v) is 6.45. The molecule has 0 saturated carbocycles. The summed E-state index contributed by atoms with van der Waals surface area (Å²) in [6.45, 7) is 3.83. The fourth-order valence-corrected chi connectivity index (χ4v) is 2.68. The Labute approximate surface area is 147 Å². The van der Waals surface area contributed by atoms with Crippen molar-refractivity contribution >= 4 is 17.9 Å². The molecule has 0 amide bonds. The number of aliphatic carboxylic acids is 2. The van der Waals surface area contributed by atoms with Gasteiger partial charge in [0.15, 0.2) is 5.60 Å². The van der Waals surface area contributed by atoms with Crippen LogP contribution in [-0.4, -0.2) is 56.6 Å². The van der Waals surface area contributed by atoms with Crippen LogP contribution >= 0.6 is 0 Å². The first-order chi connectivity index (χ1) is 11.6. The van der Waals surface area contributed by atoms with Gasteiger partial charge in [0.25, 0.3) is 0 Å². The molecule has 25 heavy (non-hydrogen) atoms. The Bertz CT molecular complexity index is 436. The first-order valence-electron chi connectivity index (χ1n) is 8.65. The molecule has 146 valence electrons. The predicted molar refractivity (Wildman–Crippen MR) is 89.0 cm³/mol. The summed E-state index contributed by atoms with van der Waals surface area (Å²) in [4.78, 5) is 33.3. The van der Waals surface area contributed by atoms with E-state index in [0.717, 1.165) is 32.1 Å². The van der Waals surface area contributed by atoms with Crippen molar-refractivity contribution in [1.82, 2.24) is 0 Å². The molecule has 0 aliphatic carbocycles. The van der Waals surface area contributed by atoms with Crippen molar-refractivity contribution in [2.45, 2.75) is 76.9 Å². The van der Waals surface area contributed by atoms with E-state index >= 15 is 0 Å². The summed E-state index contributed by atoms with van der Waals surface area (Å²) >= 11 is 0. The molecule has 0 saturated heterocycles. The van der Waals surface area contributed by atoms with E-state index in [1.165, 1.54) is 0 Å². The number of ether oxygens (including phenoxy) is 1. The van der Waals surface area contributed by atoms with Crippen molar-refractivity contribution in [1.29, 1.82) is 0 Å². The molecule has 0 bridgehead atoms. The molecule has 0 heterocycles. The van der Waals surface area contributed by atoms with Gasteiger partial charge in [0.05, 0.1) is 18.9 Å². The average molecular weight is 362 g/mol. The Hall–Kier alpha value is -1.67. The Kier molecular flexibility index (Phi) is 11.0. The number of aliphatic hydroxyl groups excluding tert-OH is 1. The van der Waals surface area contributed by atoms with E-state index in [4.69, 9.17) is 14.9 Å². The fraction of sp³-hybridized carbons (Fsp3) is 0.824. The number of carboxylic acids is 2. The van der Waals surface area contributed by atoms with Crippen LogP contribution in [0.3, 0.4) is 0 Å². The molecule has 8 heteroatoms. The van der Waals surface area contributed by atoms with Gasteiger partial charge in [-0.15, -0.1) is 0 Å². The van der Waals surface area contributed by atoms with E-state index in [1.807, 2.05) is 0 Å². The zero-order valence-corrected chi connectivity index (χ0v) is 14.9. The molecule has 4 N–H and O–H groups in total. The van der Waals surface area contributed by atoms with E-state index in [9.17, 15) is 24.6 Å². The summed E-state index contributed by atoms with van der Waals surface area (Å²) in [6.07, 6.45) is 2.52. The Morgan fingerprint density at radius 2 is 1.68 bits per heavy atom. The van der Waals surface area contributed by atoms with Crippen molar-refractivity contribution in [2.75, 3.05) is 6.61 Å². The highest BCUT2D eigenvalue weighted by Gasteiger charge is 2.41. The maximum Gasteiger partial charge on any atom is 0.336 e. The smallest absolute Gasteiger partial charge is 0.336 e. The van der Waals surface area contributed by atoms with E-state index < -0.39 is 42.5 Å². The van der Waals surface area contributed by atoms with Crippen LogP contribution in [0, 0.1) is 5.92 Å². The highest BCUT2D eigenvalue weighted by molar-refractivity contribution is 5.88. The Balaban J connectivity index is 4.46. The van der Waals surface area contributed by atoms with E-state index in [0.29, 0.717) is 12.3 Å². The normalized spacial score (nSPS) is 15.8. The zero-order valence-electron chi connectivity index (χ0n) is 14.9. The number of carbonyl (C=O) groups excluding carboxylic acids is 1. The van der Waals surface area contributed by atoms with Gasteiger partial charge in [0.2, 0.25) is 0 Å². The van der Waals surface area contributed by atoms with Crippen molar-refractivity contribution in [3.63, 3.8) is 0 Å². The third kappa shape index (κ3) is 10.0. The van der Waals surface area contributed by atoms with Crippen molar-refractivity contribution < 1.29 is 39.5 Å². The fourth-order valence-electron chi connectivity index (χ4n) is 2.68. The van der Waals surface area contributed by atoms with Crippen molar-refractivity contribution in [3.8, 4) is 0 Å². The monoisotopic (exact) mass is 362 g/mol. The number of rotatable bonds is 14. The summed E-state index contributed by atoms with van der Waals surface area (Å²) in [5.74, 6) is -4.10. The SMILES string of the molecule is CCCCC(CCC)CC(O)COC(=O)CC(O)(CC(=O)O)C(=O)O. The molecule has 0 aliphatic rings.